The quantitative estimate of drug-likeness (QED) is 0.593. The summed E-state index contributed by atoms with van der Waals surface area (Å²) in [4.78, 5) is 12.7. The second-order valence-corrected chi connectivity index (χ2v) is 9.45. The highest BCUT2D eigenvalue weighted by molar-refractivity contribution is 5.77. The molecule has 2 aliphatic carbocycles. The molecule has 1 aliphatic heterocycles. The van der Waals surface area contributed by atoms with Crippen molar-refractivity contribution in [3.05, 3.63) is 12.7 Å². The first-order valence-corrected chi connectivity index (χ1v) is 9.82. The van der Waals surface area contributed by atoms with E-state index in [1.807, 2.05) is 6.92 Å². The van der Waals surface area contributed by atoms with E-state index in [-0.39, 0.29) is 29.8 Å². The van der Waals surface area contributed by atoms with Gasteiger partial charge in [-0.25, -0.2) is 0 Å². The number of ether oxygens (including phenoxy) is 2. The summed E-state index contributed by atoms with van der Waals surface area (Å²) in [5.74, 6) is -0.154. The third-order valence-electron chi connectivity index (χ3n) is 7.92. The molecule has 0 aromatic heterocycles. The molecule has 0 aromatic carbocycles. The minimum absolute atomic E-state index is 0.102. The predicted octanol–water partition coefficient (Wildman–Crippen LogP) is 2.84. The van der Waals surface area contributed by atoms with Gasteiger partial charge in [0.05, 0.1) is 30.8 Å². The van der Waals surface area contributed by atoms with Gasteiger partial charge in [0, 0.05) is 12.3 Å². The lowest BCUT2D eigenvalue weighted by Gasteiger charge is -2.66. The van der Waals surface area contributed by atoms with Crippen molar-refractivity contribution >= 4 is 5.97 Å². The van der Waals surface area contributed by atoms with Gasteiger partial charge in [0.15, 0.2) is 0 Å². The zero-order valence-corrected chi connectivity index (χ0v) is 16.6. The molecule has 3 aliphatic rings. The summed E-state index contributed by atoms with van der Waals surface area (Å²) in [7, 11) is 1.43. The lowest BCUT2D eigenvalue weighted by molar-refractivity contribution is -0.286. The number of hydrogen-bond donors (Lipinski definition) is 2. The molecule has 5 nitrogen and oxygen atoms in total. The Kier molecular flexibility index (Phi) is 4.82. The lowest BCUT2D eigenvalue weighted by atomic mass is 9.43. The number of esters is 1. The molecule has 1 heterocycles. The summed E-state index contributed by atoms with van der Waals surface area (Å²) in [6, 6.07) is 0. The van der Waals surface area contributed by atoms with Crippen molar-refractivity contribution < 1.29 is 24.5 Å². The average Bonchev–Trinajstić information content (AvgIpc) is 2.59. The van der Waals surface area contributed by atoms with Crippen LogP contribution in [-0.2, 0) is 14.3 Å². The van der Waals surface area contributed by atoms with Crippen molar-refractivity contribution in [2.75, 3.05) is 13.7 Å². The molecule has 0 amide bonds. The van der Waals surface area contributed by atoms with Gasteiger partial charge < -0.3 is 19.7 Å². The molecule has 2 saturated carbocycles. The van der Waals surface area contributed by atoms with Crippen molar-refractivity contribution in [2.24, 2.45) is 22.7 Å². The first-order chi connectivity index (χ1) is 12.1. The van der Waals surface area contributed by atoms with Gasteiger partial charge in [-0.2, -0.15) is 0 Å². The van der Waals surface area contributed by atoms with Crippen LogP contribution < -0.4 is 0 Å². The van der Waals surface area contributed by atoms with E-state index >= 15 is 0 Å². The van der Waals surface area contributed by atoms with E-state index in [9.17, 15) is 15.0 Å². The van der Waals surface area contributed by atoms with Gasteiger partial charge in [0.2, 0.25) is 0 Å². The summed E-state index contributed by atoms with van der Waals surface area (Å²) >= 11 is 0. The molecule has 2 N–H and O–H groups in total. The third-order valence-corrected chi connectivity index (χ3v) is 7.92. The van der Waals surface area contributed by atoms with E-state index in [2.05, 4.69) is 20.4 Å². The van der Waals surface area contributed by atoms with Crippen LogP contribution in [0.4, 0.5) is 0 Å². The number of fused-ring (bicyclic) bond motifs is 3. The molecule has 26 heavy (non-hydrogen) atoms. The number of carbonyl (C=O) groups is 1. The molecule has 0 aromatic rings. The van der Waals surface area contributed by atoms with Crippen molar-refractivity contribution in [3.63, 3.8) is 0 Å². The van der Waals surface area contributed by atoms with Gasteiger partial charge in [0.25, 0.3) is 0 Å². The first-order valence-electron chi connectivity index (χ1n) is 9.82. The van der Waals surface area contributed by atoms with Crippen LogP contribution in [0.25, 0.3) is 0 Å². The van der Waals surface area contributed by atoms with Crippen LogP contribution in [0, 0.1) is 22.7 Å². The minimum Gasteiger partial charge on any atom is -0.469 e. The maximum atomic E-state index is 12.7. The number of hydrogen-bond acceptors (Lipinski definition) is 5. The van der Waals surface area contributed by atoms with E-state index in [4.69, 9.17) is 9.47 Å². The zero-order chi connectivity index (χ0) is 19.4. The molecular weight excluding hydrogens is 332 g/mol. The second-order valence-electron chi connectivity index (χ2n) is 9.45. The molecule has 7 atom stereocenters. The average molecular weight is 366 g/mol. The van der Waals surface area contributed by atoms with Gasteiger partial charge in [0.1, 0.15) is 5.60 Å². The monoisotopic (exact) mass is 366 g/mol. The molecule has 0 bridgehead atoms. The molecule has 148 valence electrons. The number of rotatable bonds is 3. The van der Waals surface area contributed by atoms with Gasteiger partial charge in [-0.05, 0) is 50.9 Å². The van der Waals surface area contributed by atoms with Gasteiger partial charge in [-0.3, -0.25) is 4.79 Å². The number of carbonyl (C=O) groups excluding carboxylic acids is 1. The zero-order valence-electron chi connectivity index (χ0n) is 16.6. The summed E-state index contributed by atoms with van der Waals surface area (Å²) in [5, 5.41) is 21.1. The van der Waals surface area contributed by atoms with Crippen molar-refractivity contribution in [3.8, 4) is 0 Å². The van der Waals surface area contributed by atoms with Crippen LogP contribution in [-0.4, -0.2) is 47.2 Å². The molecule has 0 spiro atoms. The fourth-order valence-electron chi connectivity index (χ4n) is 6.94. The van der Waals surface area contributed by atoms with Crippen LogP contribution in [0.3, 0.4) is 0 Å². The van der Waals surface area contributed by atoms with E-state index in [0.717, 1.165) is 25.7 Å². The largest absolute Gasteiger partial charge is 0.469 e. The van der Waals surface area contributed by atoms with Crippen LogP contribution in [0.15, 0.2) is 12.7 Å². The van der Waals surface area contributed by atoms with E-state index in [0.29, 0.717) is 12.8 Å². The molecule has 0 unspecified atom stereocenters. The van der Waals surface area contributed by atoms with Crippen LogP contribution in [0.2, 0.25) is 0 Å². The topological polar surface area (TPSA) is 76.0 Å². The van der Waals surface area contributed by atoms with Crippen LogP contribution >= 0.6 is 0 Å². The minimum atomic E-state index is -0.742. The van der Waals surface area contributed by atoms with E-state index in [1.54, 1.807) is 6.08 Å². The van der Waals surface area contributed by atoms with Crippen molar-refractivity contribution in [2.45, 2.75) is 76.6 Å². The number of aliphatic hydroxyl groups is 2. The number of methoxy groups -OCH3 is 1. The Labute approximate surface area is 156 Å². The molecule has 1 saturated heterocycles. The lowest BCUT2D eigenvalue weighted by Crippen LogP contribution is -2.68. The summed E-state index contributed by atoms with van der Waals surface area (Å²) in [6.45, 7) is 9.99. The van der Waals surface area contributed by atoms with Crippen LogP contribution in [0.5, 0.6) is 0 Å². The van der Waals surface area contributed by atoms with E-state index in [1.165, 1.54) is 7.11 Å². The highest BCUT2D eigenvalue weighted by Crippen LogP contribution is 2.65. The van der Waals surface area contributed by atoms with Gasteiger partial charge in [-0.1, -0.05) is 19.4 Å². The van der Waals surface area contributed by atoms with Crippen molar-refractivity contribution in [1.82, 2.24) is 0 Å². The Morgan fingerprint density at radius 1 is 1.31 bits per heavy atom. The smallest absolute Gasteiger partial charge is 0.311 e. The fourth-order valence-corrected chi connectivity index (χ4v) is 6.94. The highest BCUT2D eigenvalue weighted by Gasteiger charge is 2.67. The number of aliphatic hydroxyl groups excluding tert-OH is 2. The highest BCUT2D eigenvalue weighted by atomic mass is 16.5. The molecule has 0 radical (unpaired) electrons. The maximum absolute atomic E-state index is 12.7. The normalized spacial score (nSPS) is 51.1. The summed E-state index contributed by atoms with van der Waals surface area (Å²) < 4.78 is 11.6. The van der Waals surface area contributed by atoms with Crippen LogP contribution in [0.1, 0.15) is 59.3 Å². The van der Waals surface area contributed by atoms with Crippen molar-refractivity contribution in [1.29, 1.82) is 0 Å². The Hall–Kier alpha value is -0.910. The second kappa shape index (κ2) is 6.32. The predicted molar refractivity (Wildman–Crippen MR) is 98.4 cm³/mol. The fraction of sp³-hybridized carbons (Fsp3) is 0.857. The van der Waals surface area contributed by atoms with E-state index < -0.39 is 22.7 Å². The molecule has 3 fully saturated rings. The molecule has 3 rings (SSSR count). The Morgan fingerprint density at radius 2 is 2.00 bits per heavy atom. The third kappa shape index (κ3) is 2.58. The Morgan fingerprint density at radius 3 is 2.58 bits per heavy atom. The van der Waals surface area contributed by atoms with Gasteiger partial charge >= 0.3 is 5.97 Å². The molecule has 5 heteroatoms. The summed E-state index contributed by atoms with van der Waals surface area (Å²) in [6.07, 6.45) is 5.75. The SMILES string of the molecule is C=C[C@]1(CO)CC[C@@H]2[C@]3(C)CCC[C@](C)(C(=O)OC)[C@@H]3[C@@H](O)C[C@]2(C)O1. The van der Waals surface area contributed by atoms with Gasteiger partial charge in [-0.15, -0.1) is 6.58 Å². The summed E-state index contributed by atoms with van der Waals surface area (Å²) in [5.41, 5.74) is -2.18. The standard InChI is InChI=1S/C21H34O5/c1-6-21(13-22)11-8-15-18(2)9-7-10-19(3,17(24)25-5)16(18)14(23)12-20(15,4)26-21/h6,14-16,22-23H,1,7-13H2,2-5H3/t14-,15+,16+,18-,19-,20-,21+/m0/s1. The molecular formula is C21H34O5. The maximum Gasteiger partial charge on any atom is 0.311 e. The Balaban J connectivity index is 2.02. The Bertz CT molecular complexity index is 591. The first kappa shape index (κ1) is 19.8.